The van der Waals surface area contributed by atoms with Gasteiger partial charge in [-0.1, -0.05) is 42.5 Å². The number of carbonyl (C=O) groups excluding carboxylic acids is 3. The number of carbonyl (C=O) groups is 3. The summed E-state index contributed by atoms with van der Waals surface area (Å²) >= 11 is 0. The van der Waals surface area contributed by atoms with Crippen LogP contribution in [-0.2, 0) is 32.5 Å². The number of fused-ring (bicyclic) bond motifs is 5. The van der Waals surface area contributed by atoms with Gasteiger partial charge in [-0.3, -0.25) is 19.7 Å². The van der Waals surface area contributed by atoms with Crippen LogP contribution in [0.5, 0.6) is 0 Å². The van der Waals surface area contributed by atoms with Crippen LogP contribution in [0.15, 0.2) is 79.0 Å². The molecule has 7 nitrogen and oxygen atoms in total. The molecule has 3 N–H and O–H groups in total. The Morgan fingerprint density at radius 3 is 2.49 bits per heavy atom. The van der Waals surface area contributed by atoms with E-state index < -0.39 is 52.9 Å². The van der Waals surface area contributed by atoms with Crippen molar-refractivity contribution in [2.45, 2.75) is 24.2 Å². The quantitative estimate of drug-likeness (QED) is 0.343. The molecular formula is C29H21F3N4O3. The van der Waals surface area contributed by atoms with Crippen LogP contribution >= 0.6 is 0 Å². The Kier molecular flexibility index (Phi) is 4.87. The molecule has 4 heterocycles. The number of amides is 3. The first kappa shape index (κ1) is 23.7. The molecule has 4 atom stereocenters. The van der Waals surface area contributed by atoms with Crippen molar-refractivity contribution in [3.05, 3.63) is 95.7 Å². The number of nitrogens with one attached hydrogen (secondary N) is 3. The van der Waals surface area contributed by atoms with Crippen LogP contribution in [0.3, 0.4) is 0 Å². The molecule has 3 aliphatic heterocycles. The maximum atomic E-state index is 14.0. The fourth-order valence-electron chi connectivity index (χ4n) is 6.55. The number of benzene rings is 3. The minimum absolute atomic E-state index is 0.165. The molecular weight excluding hydrogens is 509 g/mol. The fraction of sp³-hybridized carbons (Fsp3) is 0.207. The average Bonchev–Trinajstić information content (AvgIpc) is 3.62. The van der Waals surface area contributed by atoms with Gasteiger partial charge in [0.1, 0.15) is 5.54 Å². The van der Waals surface area contributed by atoms with Crippen LogP contribution in [0.4, 0.5) is 24.5 Å². The van der Waals surface area contributed by atoms with Crippen LogP contribution < -0.4 is 15.5 Å². The van der Waals surface area contributed by atoms with Gasteiger partial charge in [0.25, 0.3) is 0 Å². The van der Waals surface area contributed by atoms with Gasteiger partial charge in [0.05, 0.1) is 23.1 Å². The van der Waals surface area contributed by atoms with E-state index in [1.807, 2.05) is 30.5 Å². The van der Waals surface area contributed by atoms with Gasteiger partial charge in [-0.15, -0.1) is 0 Å². The number of imide groups is 1. The fourth-order valence-corrected chi connectivity index (χ4v) is 6.55. The van der Waals surface area contributed by atoms with Gasteiger partial charge < -0.3 is 10.3 Å². The number of H-pyrrole nitrogens is 1. The summed E-state index contributed by atoms with van der Waals surface area (Å²) in [7, 11) is 0. The summed E-state index contributed by atoms with van der Waals surface area (Å²) in [6, 6.07) is 18.1. The van der Waals surface area contributed by atoms with Gasteiger partial charge in [0, 0.05) is 34.4 Å². The molecule has 0 radical (unpaired) electrons. The molecule has 7 rings (SSSR count). The summed E-state index contributed by atoms with van der Waals surface area (Å²) in [6.45, 7) is 0. The van der Waals surface area contributed by atoms with Gasteiger partial charge >= 0.3 is 6.18 Å². The molecule has 0 bridgehead atoms. The summed E-state index contributed by atoms with van der Waals surface area (Å²) in [6.07, 6.45) is -2.50. The Bertz CT molecular complexity index is 1700. The number of hydrogen-bond acceptors (Lipinski definition) is 4. The number of nitrogens with zero attached hydrogens (tertiary/aromatic N) is 1. The minimum atomic E-state index is -4.65. The number of aromatic nitrogens is 1. The molecule has 10 heteroatoms. The maximum Gasteiger partial charge on any atom is 0.416 e. The summed E-state index contributed by atoms with van der Waals surface area (Å²) in [5.41, 5.74) is 0.189. The van der Waals surface area contributed by atoms with E-state index in [0.717, 1.165) is 33.5 Å². The number of rotatable bonds is 3. The molecule has 0 saturated carbocycles. The summed E-state index contributed by atoms with van der Waals surface area (Å²) < 4.78 is 40.5. The average molecular weight is 531 g/mol. The normalized spacial score (nSPS) is 26.0. The number of alkyl halides is 3. The standard InChI is InChI=1S/C29H21F3N4O3/c30-29(31,32)16-6-5-7-17(13-16)36-25(37)23-22(12-15-14-33-20-10-3-1-8-18(15)20)35-28(24(23)26(36)38)19-9-2-4-11-21(19)34-27(28)39/h1-11,13-14,22-24,33,35H,12H2,(H,34,39). The van der Waals surface area contributed by atoms with E-state index in [-0.39, 0.29) is 5.69 Å². The number of anilines is 2. The molecule has 2 saturated heterocycles. The largest absolute Gasteiger partial charge is 0.416 e. The number of para-hydroxylation sites is 2. The SMILES string of the molecule is O=C1C2C(Cc3c[nH]c4ccccc34)NC3(C(=O)Nc4ccccc43)C2C(=O)N1c1cccc(C(F)(F)F)c1. The van der Waals surface area contributed by atoms with Crippen molar-refractivity contribution in [3.8, 4) is 0 Å². The van der Waals surface area contributed by atoms with Crippen molar-refractivity contribution < 1.29 is 27.6 Å². The van der Waals surface area contributed by atoms with E-state index in [4.69, 9.17) is 0 Å². The molecule has 3 aromatic carbocycles. The molecule has 196 valence electrons. The van der Waals surface area contributed by atoms with Crippen molar-refractivity contribution in [3.63, 3.8) is 0 Å². The zero-order valence-corrected chi connectivity index (χ0v) is 20.3. The van der Waals surface area contributed by atoms with Crippen molar-refractivity contribution >= 4 is 40.0 Å². The highest BCUT2D eigenvalue weighted by Gasteiger charge is 2.70. The van der Waals surface area contributed by atoms with Crippen LogP contribution in [0, 0.1) is 11.8 Å². The van der Waals surface area contributed by atoms with Gasteiger partial charge in [0.15, 0.2) is 0 Å². The Labute approximate surface area is 220 Å². The van der Waals surface area contributed by atoms with E-state index in [1.165, 1.54) is 12.1 Å². The lowest BCUT2D eigenvalue weighted by Gasteiger charge is -2.29. The van der Waals surface area contributed by atoms with Crippen LogP contribution in [-0.4, -0.2) is 28.7 Å². The van der Waals surface area contributed by atoms with Gasteiger partial charge in [0.2, 0.25) is 17.7 Å². The third kappa shape index (κ3) is 3.24. The lowest BCUT2D eigenvalue weighted by atomic mass is 9.76. The molecule has 3 amide bonds. The van der Waals surface area contributed by atoms with Crippen molar-refractivity contribution in [2.24, 2.45) is 11.8 Å². The van der Waals surface area contributed by atoms with Gasteiger partial charge in [-0.25, -0.2) is 4.90 Å². The first-order valence-corrected chi connectivity index (χ1v) is 12.5. The monoisotopic (exact) mass is 530 g/mol. The Hall–Kier alpha value is -4.44. The topological polar surface area (TPSA) is 94.3 Å². The predicted molar refractivity (Wildman–Crippen MR) is 137 cm³/mol. The Balaban J connectivity index is 1.37. The van der Waals surface area contributed by atoms with Gasteiger partial charge in [-0.05, 0) is 42.3 Å². The molecule has 3 aliphatic rings. The van der Waals surface area contributed by atoms with Gasteiger partial charge in [-0.2, -0.15) is 13.2 Å². The number of hydrogen-bond donors (Lipinski definition) is 3. The zero-order valence-electron chi connectivity index (χ0n) is 20.3. The van der Waals surface area contributed by atoms with Crippen LogP contribution in [0.25, 0.3) is 10.9 Å². The lowest BCUT2D eigenvalue weighted by Crippen LogP contribution is -2.53. The van der Waals surface area contributed by atoms with E-state index in [9.17, 15) is 27.6 Å². The smallest absolute Gasteiger partial charge is 0.361 e. The maximum absolute atomic E-state index is 14.0. The van der Waals surface area contributed by atoms with Crippen molar-refractivity contribution in [1.29, 1.82) is 0 Å². The van der Waals surface area contributed by atoms with Crippen molar-refractivity contribution in [1.82, 2.24) is 10.3 Å². The highest BCUT2D eigenvalue weighted by Crippen LogP contribution is 2.54. The highest BCUT2D eigenvalue weighted by atomic mass is 19.4. The Morgan fingerprint density at radius 1 is 0.897 bits per heavy atom. The molecule has 1 spiro atoms. The third-order valence-electron chi connectivity index (χ3n) is 8.17. The molecule has 0 aliphatic carbocycles. The summed E-state index contributed by atoms with van der Waals surface area (Å²) in [5, 5.41) is 7.15. The zero-order chi connectivity index (χ0) is 27.1. The molecule has 1 aromatic heterocycles. The van der Waals surface area contributed by atoms with Crippen LogP contribution in [0.1, 0.15) is 16.7 Å². The number of halogens is 3. The third-order valence-corrected chi connectivity index (χ3v) is 8.17. The first-order chi connectivity index (χ1) is 18.7. The molecule has 4 unspecified atom stereocenters. The second kappa shape index (κ2) is 8.03. The van der Waals surface area contributed by atoms with E-state index >= 15 is 0 Å². The second-order valence-corrected chi connectivity index (χ2v) is 10.2. The van der Waals surface area contributed by atoms with E-state index in [0.29, 0.717) is 17.7 Å². The highest BCUT2D eigenvalue weighted by molar-refractivity contribution is 6.25. The molecule has 39 heavy (non-hydrogen) atoms. The number of aromatic amines is 1. The predicted octanol–water partition coefficient (Wildman–Crippen LogP) is 4.35. The van der Waals surface area contributed by atoms with E-state index in [2.05, 4.69) is 15.6 Å². The Morgan fingerprint density at radius 2 is 1.67 bits per heavy atom. The van der Waals surface area contributed by atoms with Crippen molar-refractivity contribution in [2.75, 3.05) is 10.2 Å². The summed E-state index contributed by atoms with van der Waals surface area (Å²) in [4.78, 5) is 45.7. The first-order valence-electron chi connectivity index (χ1n) is 12.5. The molecule has 4 aromatic rings. The van der Waals surface area contributed by atoms with E-state index in [1.54, 1.807) is 24.3 Å². The summed E-state index contributed by atoms with van der Waals surface area (Å²) in [5.74, 6) is -3.91. The second-order valence-electron chi connectivity index (χ2n) is 10.2. The lowest BCUT2D eigenvalue weighted by molar-refractivity contribution is -0.137. The molecule has 2 fully saturated rings. The van der Waals surface area contributed by atoms with Crippen LogP contribution in [0.2, 0.25) is 0 Å². The minimum Gasteiger partial charge on any atom is -0.361 e.